The first kappa shape index (κ1) is 16.6. The first-order valence-electron chi connectivity index (χ1n) is 6.07. The van der Waals surface area contributed by atoms with Crippen molar-refractivity contribution < 1.29 is 44.3 Å². The van der Waals surface area contributed by atoms with Crippen LogP contribution in [0.1, 0.15) is 38.8 Å². The molecule has 0 aliphatic rings. The Hall–Kier alpha value is -1.42. The predicted molar refractivity (Wildman–Crippen MR) is 70.0 cm³/mol. The molecule has 0 bridgehead atoms. The standard InChI is InChI=1S/C16H14O3.Na/c1-2-11-7-9-12(10-8-11)15(17)13-5-3-4-6-14(13)16(18)19;/h3-10H,2H2,1H3,(H,18,19);/q;+1/p-1. The molecule has 0 amide bonds. The molecule has 20 heavy (non-hydrogen) atoms. The molecule has 0 saturated carbocycles. The van der Waals surface area contributed by atoms with Crippen molar-refractivity contribution in [1.29, 1.82) is 0 Å². The Bertz CT molecular complexity index is 618. The first-order valence-corrected chi connectivity index (χ1v) is 6.07. The molecule has 2 rings (SSSR count). The molecule has 4 heteroatoms. The summed E-state index contributed by atoms with van der Waals surface area (Å²) in [5, 5.41) is 11.0. The summed E-state index contributed by atoms with van der Waals surface area (Å²) in [5.41, 5.74) is 1.69. The topological polar surface area (TPSA) is 57.2 Å². The Balaban J connectivity index is 0.00000200. The van der Waals surface area contributed by atoms with Crippen LogP contribution in [0.3, 0.4) is 0 Å². The third-order valence-electron chi connectivity index (χ3n) is 3.02. The molecule has 96 valence electrons. The average Bonchev–Trinajstić information content (AvgIpc) is 2.46. The number of hydrogen-bond donors (Lipinski definition) is 0. The van der Waals surface area contributed by atoms with Crippen LogP contribution >= 0.6 is 0 Å². The largest absolute Gasteiger partial charge is 1.00 e. The SMILES string of the molecule is CCc1ccc(C(=O)c2ccccc2C(=O)[O-])cc1.[Na+]. The predicted octanol–water partition coefficient (Wildman–Crippen LogP) is -1.15. The number of carbonyl (C=O) groups is 2. The van der Waals surface area contributed by atoms with E-state index in [0.717, 1.165) is 12.0 Å². The van der Waals surface area contributed by atoms with Gasteiger partial charge < -0.3 is 9.90 Å². The van der Waals surface area contributed by atoms with Crippen LogP contribution in [0.4, 0.5) is 0 Å². The summed E-state index contributed by atoms with van der Waals surface area (Å²) >= 11 is 0. The number of carboxylic acid groups (broad SMARTS) is 1. The Labute approximate surface area is 139 Å². The van der Waals surface area contributed by atoms with Crippen LogP contribution in [0.2, 0.25) is 0 Å². The second kappa shape index (κ2) is 7.39. The molecular weight excluding hydrogens is 263 g/mol. The van der Waals surface area contributed by atoms with E-state index in [1.54, 1.807) is 24.3 Å². The molecule has 0 atom stereocenters. The Kier molecular flexibility index (Phi) is 6.14. The second-order valence-corrected chi connectivity index (χ2v) is 4.21. The van der Waals surface area contributed by atoms with Crippen molar-refractivity contribution in [3.63, 3.8) is 0 Å². The van der Waals surface area contributed by atoms with Gasteiger partial charge in [-0.25, -0.2) is 0 Å². The van der Waals surface area contributed by atoms with Crippen molar-refractivity contribution in [2.75, 3.05) is 0 Å². The van der Waals surface area contributed by atoms with Crippen LogP contribution in [-0.2, 0) is 6.42 Å². The number of aryl methyl sites for hydroxylation is 1. The van der Waals surface area contributed by atoms with Crippen LogP contribution in [0.15, 0.2) is 48.5 Å². The fourth-order valence-electron chi connectivity index (χ4n) is 1.91. The minimum Gasteiger partial charge on any atom is -0.545 e. The van der Waals surface area contributed by atoms with Gasteiger partial charge in [0.05, 0.1) is 5.97 Å². The Morgan fingerprint density at radius 2 is 1.50 bits per heavy atom. The Morgan fingerprint density at radius 3 is 2.00 bits per heavy atom. The minimum atomic E-state index is -1.34. The van der Waals surface area contributed by atoms with Crippen LogP contribution < -0.4 is 34.7 Å². The smallest absolute Gasteiger partial charge is 0.545 e. The number of carboxylic acids is 1. The van der Waals surface area contributed by atoms with Crippen molar-refractivity contribution in [3.05, 3.63) is 70.8 Å². The normalized spacial score (nSPS) is 9.65. The van der Waals surface area contributed by atoms with Gasteiger partial charge in [0.25, 0.3) is 0 Å². The fraction of sp³-hybridized carbons (Fsp3) is 0.125. The molecule has 0 aliphatic carbocycles. The van der Waals surface area contributed by atoms with Gasteiger partial charge in [-0.05, 0) is 12.0 Å². The van der Waals surface area contributed by atoms with Gasteiger partial charge in [0.15, 0.2) is 5.78 Å². The van der Waals surface area contributed by atoms with Gasteiger partial charge in [0.2, 0.25) is 0 Å². The third kappa shape index (κ3) is 3.57. The van der Waals surface area contributed by atoms with E-state index in [1.807, 2.05) is 19.1 Å². The zero-order valence-electron chi connectivity index (χ0n) is 11.6. The summed E-state index contributed by atoms with van der Waals surface area (Å²) in [5.74, 6) is -1.64. The van der Waals surface area contributed by atoms with Gasteiger partial charge in [0, 0.05) is 16.7 Å². The van der Waals surface area contributed by atoms with Crippen LogP contribution in [0.5, 0.6) is 0 Å². The van der Waals surface area contributed by atoms with Gasteiger partial charge in [0.1, 0.15) is 0 Å². The molecule has 0 aromatic heterocycles. The molecule has 0 radical (unpaired) electrons. The summed E-state index contributed by atoms with van der Waals surface area (Å²) in [6.07, 6.45) is 0.893. The Morgan fingerprint density at radius 1 is 0.950 bits per heavy atom. The maximum atomic E-state index is 12.3. The van der Waals surface area contributed by atoms with Crippen LogP contribution in [0.25, 0.3) is 0 Å². The number of carbonyl (C=O) groups excluding carboxylic acids is 2. The maximum Gasteiger partial charge on any atom is 1.00 e. The molecule has 0 aliphatic heterocycles. The monoisotopic (exact) mass is 276 g/mol. The van der Waals surface area contributed by atoms with Crippen LogP contribution in [0, 0.1) is 0 Å². The second-order valence-electron chi connectivity index (χ2n) is 4.21. The zero-order valence-corrected chi connectivity index (χ0v) is 13.6. The summed E-state index contributed by atoms with van der Waals surface area (Å²) in [6.45, 7) is 2.03. The quantitative estimate of drug-likeness (QED) is 0.523. The fourth-order valence-corrected chi connectivity index (χ4v) is 1.91. The van der Waals surface area contributed by atoms with E-state index in [0.29, 0.717) is 5.56 Å². The number of aromatic carboxylic acids is 1. The van der Waals surface area contributed by atoms with E-state index in [1.165, 1.54) is 12.1 Å². The number of rotatable bonds is 4. The molecular formula is C16H13NaO3. The molecule has 0 N–H and O–H groups in total. The van der Waals surface area contributed by atoms with E-state index in [-0.39, 0.29) is 46.5 Å². The van der Waals surface area contributed by atoms with Gasteiger partial charge in [-0.2, -0.15) is 0 Å². The molecule has 2 aromatic carbocycles. The van der Waals surface area contributed by atoms with Crippen molar-refractivity contribution in [3.8, 4) is 0 Å². The minimum absolute atomic E-state index is 0. The molecule has 0 spiro atoms. The molecule has 3 nitrogen and oxygen atoms in total. The summed E-state index contributed by atoms with van der Waals surface area (Å²) in [7, 11) is 0. The summed E-state index contributed by atoms with van der Waals surface area (Å²) in [6, 6.07) is 13.3. The van der Waals surface area contributed by atoms with Crippen molar-refractivity contribution in [1.82, 2.24) is 0 Å². The number of hydrogen-bond acceptors (Lipinski definition) is 3. The van der Waals surface area contributed by atoms with Crippen LogP contribution in [-0.4, -0.2) is 11.8 Å². The van der Waals surface area contributed by atoms with Gasteiger partial charge in [-0.3, -0.25) is 4.79 Å². The van der Waals surface area contributed by atoms with Crippen molar-refractivity contribution in [2.24, 2.45) is 0 Å². The third-order valence-corrected chi connectivity index (χ3v) is 3.02. The zero-order chi connectivity index (χ0) is 13.8. The summed E-state index contributed by atoms with van der Waals surface area (Å²) in [4.78, 5) is 23.3. The molecule has 0 heterocycles. The van der Waals surface area contributed by atoms with E-state index in [9.17, 15) is 14.7 Å². The molecule has 0 unspecified atom stereocenters. The first-order chi connectivity index (χ1) is 9.13. The van der Waals surface area contributed by atoms with E-state index >= 15 is 0 Å². The maximum absolute atomic E-state index is 12.3. The molecule has 0 fully saturated rings. The van der Waals surface area contributed by atoms with Gasteiger partial charge >= 0.3 is 29.6 Å². The van der Waals surface area contributed by atoms with E-state index in [2.05, 4.69) is 0 Å². The molecule has 0 saturated heterocycles. The van der Waals surface area contributed by atoms with E-state index in [4.69, 9.17) is 0 Å². The van der Waals surface area contributed by atoms with Gasteiger partial charge in [-0.15, -0.1) is 0 Å². The van der Waals surface area contributed by atoms with Crippen molar-refractivity contribution in [2.45, 2.75) is 13.3 Å². The number of ketones is 1. The van der Waals surface area contributed by atoms with Crippen molar-refractivity contribution >= 4 is 11.8 Å². The molecule has 2 aromatic rings. The summed E-state index contributed by atoms with van der Waals surface area (Å²) < 4.78 is 0. The average molecular weight is 276 g/mol. The van der Waals surface area contributed by atoms with Gasteiger partial charge in [-0.1, -0.05) is 55.5 Å². The number of benzene rings is 2. The van der Waals surface area contributed by atoms with E-state index < -0.39 is 5.97 Å².